The summed E-state index contributed by atoms with van der Waals surface area (Å²) in [5, 5.41) is 0. The Morgan fingerprint density at radius 3 is 0.781 bits per heavy atom. The van der Waals surface area contributed by atoms with Gasteiger partial charge in [0.15, 0.2) is 6.10 Å². The lowest BCUT2D eigenvalue weighted by molar-refractivity contribution is -0.167. The van der Waals surface area contributed by atoms with Gasteiger partial charge in [0.05, 0.1) is 0 Å². The van der Waals surface area contributed by atoms with Gasteiger partial charge in [-0.2, -0.15) is 0 Å². The van der Waals surface area contributed by atoms with E-state index in [1.807, 2.05) is 0 Å². The Hall–Kier alpha value is -1.59. The molecule has 0 aliphatic rings. The third kappa shape index (κ3) is 59.5. The molecule has 6 heteroatoms. The summed E-state index contributed by atoms with van der Waals surface area (Å²) in [5.41, 5.74) is 0. The van der Waals surface area contributed by atoms with E-state index in [4.69, 9.17) is 14.2 Å². The molecule has 0 aliphatic carbocycles. The largest absolute Gasteiger partial charge is 0.462 e. The summed E-state index contributed by atoms with van der Waals surface area (Å²) < 4.78 is 17.0. The fourth-order valence-corrected chi connectivity index (χ4v) is 10.4. The number of hydrogen-bond donors (Lipinski definition) is 0. The quantitative estimate of drug-likeness (QED) is 0.0343. The Bertz CT molecular complexity index is 1120. The topological polar surface area (TPSA) is 78.9 Å². The smallest absolute Gasteiger partial charge is 0.306 e. The number of esters is 3. The molecule has 1 unspecified atom stereocenters. The second-order valence-electron chi connectivity index (χ2n) is 23.8. The molecule has 434 valence electrons. The lowest BCUT2D eigenvalue weighted by Crippen LogP contribution is -2.30. The van der Waals surface area contributed by atoms with Gasteiger partial charge < -0.3 is 14.2 Å². The van der Waals surface area contributed by atoms with E-state index in [2.05, 4.69) is 34.6 Å². The van der Waals surface area contributed by atoms with Gasteiger partial charge in [-0.05, 0) is 31.1 Å². The molecule has 0 radical (unpaired) electrons. The average Bonchev–Trinajstić information content (AvgIpc) is 3.38. The zero-order valence-electron chi connectivity index (χ0n) is 50.3. The Morgan fingerprint density at radius 2 is 0.521 bits per heavy atom. The van der Waals surface area contributed by atoms with Crippen molar-refractivity contribution < 1.29 is 28.6 Å². The highest BCUT2D eigenvalue weighted by Crippen LogP contribution is 2.20. The van der Waals surface area contributed by atoms with Crippen molar-refractivity contribution in [3.8, 4) is 0 Å². The zero-order chi connectivity index (χ0) is 53.2. The summed E-state index contributed by atoms with van der Waals surface area (Å²) in [6.07, 6.45) is 66.8. The fraction of sp³-hybridized carbons (Fsp3) is 0.955. The third-order valence-corrected chi connectivity index (χ3v) is 15.8. The maximum Gasteiger partial charge on any atom is 0.306 e. The molecule has 2 atom stereocenters. The molecule has 0 rings (SSSR count). The van der Waals surface area contributed by atoms with Crippen molar-refractivity contribution in [3.63, 3.8) is 0 Å². The highest BCUT2D eigenvalue weighted by molar-refractivity contribution is 5.71. The van der Waals surface area contributed by atoms with Gasteiger partial charge in [-0.15, -0.1) is 0 Å². The molecule has 0 fully saturated rings. The van der Waals surface area contributed by atoms with Crippen molar-refractivity contribution in [2.24, 2.45) is 11.8 Å². The van der Waals surface area contributed by atoms with E-state index in [0.29, 0.717) is 19.3 Å². The minimum atomic E-state index is -0.763. The number of ether oxygens (including phenoxy) is 3. The minimum Gasteiger partial charge on any atom is -0.462 e. The molecular formula is C67H130O6. The van der Waals surface area contributed by atoms with Gasteiger partial charge >= 0.3 is 17.9 Å². The molecule has 0 N–H and O–H groups in total. The van der Waals surface area contributed by atoms with Crippen LogP contribution in [0, 0.1) is 11.8 Å². The lowest BCUT2D eigenvalue weighted by Gasteiger charge is -2.18. The van der Waals surface area contributed by atoms with Gasteiger partial charge in [-0.1, -0.05) is 343 Å². The van der Waals surface area contributed by atoms with Crippen LogP contribution >= 0.6 is 0 Å². The van der Waals surface area contributed by atoms with Crippen LogP contribution in [0.5, 0.6) is 0 Å². The van der Waals surface area contributed by atoms with Crippen molar-refractivity contribution in [2.75, 3.05) is 13.2 Å². The highest BCUT2D eigenvalue weighted by Gasteiger charge is 2.19. The molecule has 0 aromatic carbocycles. The number of carbonyl (C=O) groups is 3. The first-order valence-electron chi connectivity index (χ1n) is 33.3. The molecule has 73 heavy (non-hydrogen) atoms. The van der Waals surface area contributed by atoms with Crippen molar-refractivity contribution in [3.05, 3.63) is 0 Å². The van der Waals surface area contributed by atoms with Crippen molar-refractivity contribution in [2.45, 2.75) is 387 Å². The van der Waals surface area contributed by atoms with Crippen molar-refractivity contribution in [1.29, 1.82) is 0 Å². The summed E-state index contributed by atoms with van der Waals surface area (Å²) in [6.45, 7) is 11.5. The van der Waals surface area contributed by atoms with Crippen LogP contribution in [-0.4, -0.2) is 37.2 Å². The van der Waals surface area contributed by atoms with Crippen LogP contribution in [0.4, 0.5) is 0 Å². The maximum atomic E-state index is 12.9. The normalized spacial score (nSPS) is 12.4. The number of unbranched alkanes of at least 4 members (excludes halogenated alkanes) is 45. The number of hydrogen-bond acceptors (Lipinski definition) is 6. The first-order valence-corrected chi connectivity index (χ1v) is 33.3. The molecule has 0 bridgehead atoms. The molecule has 0 heterocycles. The predicted molar refractivity (Wildman–Crippen MR) is 316 cm³/mol. The van der Waals surface area contributed by atoms with Crippen LogP contribution in [0.25, 0.3) is 0 Å². The zero-order valence-corrected chi connectivity index (χ0v) is 50.3. The fourth-order valence-electron chi connectivity index (χ4n) is 10.4. The summed E-state index contributed by atoms with van der Waals surface area (Å²) in [6, 6.07) is 0. The molecule has 6 nitrogen and oxygen atoms in total. The number of carbonyl (C=O) groups excluding carboxylic acids is 3. The average molecular weight is 1030 g/mol. The molecule has 0 aromatic rings. The molecular weight excluding hydrogens is 901 g/mol. The van der Waals surface area contributed by atoms with Crippen molar-refractivity contribution in [1.82, 2.24) is 0 Å². The Kier molecular flexibility index (Phi) is 58.4. The second kappa shape index (κ2) is 59.7. The molecule has 0 amide bonds. The van der Waals surface area contributed by atoms with Crippen LogP contribution in [0.3, 0.4) is 0 Å². The Labute approximate surface area is 457 Å². The van der Waals surface area contributed by atoms with E-state index in [9.17, 15) is 14.4 Å². The first-order chi connectivity index (χ1) is 35.8. The van der Waals surface area contributed by atoms with E-state index in [1.165, 1.54) is 270 Å². The molecule has 0 spiro atoms. The maximum absolute atomic E-state index is 12.9. The van der Waals surface area contributed by atoms with E-state index in [1.54, 1.807) is 0 Å². The standard InChI is InChI=1S/C67H130O6/c1-6-8-9-10-11-12-13-32-37-42-47-52-57-65(68)71-60-64(73-67(70)59-54-49-44-39-34-29-25-21-16-14-18-22-26-30-35-40-45-50-55-62(3)4)61-72-66(69)58-53-48-43-38-33-28-24-20-17-15-19-23-27-31-36-41-46-51-56-63(5)7-2/h62-64H,6-61H2,1-5H3/t63?,64-/m0/s1. The molecule has 0 aromatic heterocycles. The second-order valence-corrected chi connectivity index (χ2v) is 23.8. The van der Waals surface area contributed by atoms with Gasteiger partial charge in [0.25, 0.3) is 0 Å². The first kappa shape index (κ1) is 71.4. The van der Waals surface area contributed by atoms with E-state index in [0.717, 1.165) is 69.6 Å². The summed E-state index contributed by atoms with van der Waals surface area (Å²) >= 11 is 0. The van der Waals surface area contributed by atoms with Gasteiger partial charge in [-0.3, -0.25) is 14.4 Å². The van der Waals surface area contributed by atoms with Gasteiger partial charge in [0, 0.05) is 19.3 Å². The Morgan fingerprint density at radius 1 is 0.288 bits per heavy atom. The van der Waals surface area contributed by atoms with Crippen molar-refractivity contribution >= 4 is 17.9 Å². The van der Waals surface area contributed by atoms with Crippen LogP contribution < -0.4 is 0 Å². The van der Waals surface area contributed by atoms with Gasteiger partial charge in [-0.25, -0.2) is 0 Å². The lowest BCUT2D eigenvalue weighted by atomic mass is 9.99. The van der Waals surface area contributed by atoms with Gasteiger partial charge in [0.1, 0.15) is 13.2 Å². The summed E-state index contributed by atoms with van der Waals surface area (Å²) in [7, 11) is 0. The van der Waals surface area contributed by atoms with E-state index in [-0.39, 0.29) is 31.1 Å². The minimum absolute atomic E-state index is 0.0615. The van der Waals surface area contributed by atoms with Crippen LogP contribution in [0.15, 0.2) is 0 Å². The molecule has 0 saturated heterocycles. The van der Waals surface area contributed by atoms with Gasteiger partial charge in [0.2, 0.25) is 0 Å². The van der Waals surface area contributed by atoms with Crippen LogP contribution in [0.1, 0.15) is 381 Å². The van der Waals surface area contributed by atoms with E-state index < -0.39 is 6.10 Å². The predicted octanol–water partition coefficient (Wildman–Crippen LogP) is 22.4. The Balaban J connectivity index is 4.21. The number of rotatable bonds is 61. The molecule has 0 aliphatic heterocycles. The van der Waals surface area contributed by atoms with Crippen LogP contribution in [-0.2, 0) is 28.6 Å². The summed E-state index contributed by atoms with van der Waals surface area (Å²) in [5.74, 6) is 0.939. The van der Waals surface area contributed by atoms with E-state index >= 15 is 0 Å². The monoisotopic (exact) mass is 1030 g/mol. The van der Waals surface area contributed by atoms with Crippen LogP contribution in [0.2, 0.25) is 0 Å². The molecule has 0 saturated carbocycles. The summed E-state index contributed by atoms with van der Waals surface area (Å²) in [4.78, 5) is 38.3. The third-order valence-electron chi connectivity index (χ3n) is 15.8. The highest BCUT2D eigenvalue weighted by atomic mass is 16.6. The SMILES string of the molecule is CCCCCCCCCCCCCCC(=O)OC[C@@H](COC(=O)CCCCCCCCCCCCCCCCCCCCC(C)CC)OC(=O)CCCCCCCCCCCCCCCCCCCCC(C)C.